The maximum atomic E-state index is 11.0. The van der Waals surface area contributed by atoms with Gasteiger partial charge >= 0.3 is 0 Å². The molecule has 1 rings (SSSR count). The number of nitrogens with two attached hydrogens (primary N) is 1. The van der Waals surface area contributed by atoms with Gasteiger partial charge in [-0.05, 0) is 12.1 Å². The van der Waals surface area contributed by atoms with E-state index in [9.17, 15) is 13.5 Å². The Kier molecular flexibility index (Phi) is 2.68. The van der Waals surface area contributed by atoms with E-state index in [4.69, 9.17) is 5.14 Å². The zero-order chi connectivity index (χ0) is 10.9. The van der Waals surface area contributed by atoms with Gasteiger partial charge in [-0.2, -0.15) is 0 Å². The van der Waals surface area contributed by atoms with Gasteiger partial charge in [-0.3, -0.25) is 0 Å². The third kappa shape index (κ3) is 1.97. The summed E-state index contributed by atoms with van der Waals surface area (Å²) in [5, 5.41) is 14.5. The predicted octanol–water partition coefficient (Wildman–Crippen LogP) is 0.106. The number of phenolic OH excluding ortho intramolecular Hbond substituents is 1. The van der Waals surface area contributed by atoms with Crippen molar-refractivity contribution in [1.29, 1.82) is 0 Å². The highest BCUT2D eigenvalue weighted by molar-refractivity contribution is 7.89. The molecule has 0 fully saturated rings. The lowest BCUT2D eigenvalue weighted by Crippen LogP contribution is -2.15. The van der Waals surface area contributed by atoms with E-state index < -0.39 is 10.0 Å². The van der Waals surface area contributed by atoms with Gasteiger partial charge in [0.25, 0.3) is 0 Å². The third-order valence-electron chi connectivity index (χ3n) is 1.77. The molecule has 0 atom stereocenters. The lowest BCUT2D eigenvalue weighted by Gasteiger charge is -2.15. The molecule has 0 unspecified atom stereocenters. The molecule has 3 N–H and O–H groups in total. The standard InChI is InChI=1S/C8H12N2O3S/c1-10(2)6-4-3-5-7(8(6)11)14(9,12)13/h3-5,11H,1-2H3,(H2,9,12,13). The van der Waals surface area contributed by atoms with E-state index in [-0.39, 0.29) is 10.6 Å². The van der Waals surface area contributed by atoms with Crippen molar-refractivity contribution in [3.05, 3.63) is 18.2 Å². The van der Waals surface area contributed by atoms with Gasteiger partial charge in [0.15, 0.2) is 5.75 Å². The fourth-order valence-corrected chi connectivity index (χ4v) is 1.74. The van der Waals surface area contributed by atoms with Crippen LogP contribution in [0.25, 0.3) is 0 Å². The largest absolute Gasteiger partial charge is 0.504 e. The van der Waals surface area contributed by atoms with Crippen molar-refractivity contribution in [3.8, 4) is 5.75 Å². The van der Waals surface area contributed by atoms with Gasteiger partial charge in [0.05, 0.1) is 5.69 Å². The second-order valence-electron chi connectivity index (χ2n) is 3.06. The molecule has 5 nitrogen and oxygen atoms in total. The molecule has 0 saturated heterocycles. The van der Waals surface area contributed by atoms with Crippen LogP contribution in [0.4, 0.5) is 5.69 Å². The lowest BCUT2D eigenvalue weighted by molar-refractivity contribution is 0.459. The zero-order valence-electron chi connectivity index (χ0n) is 7.93. The third-order valence-corrected chi connectivity index (χ3v) is 2.71. The topological polar surface area (TPSA) is 83.6 Å². The molecule has 0 aliphatic carbocycles. The summed E-state index contributed by atoms with van der Waals surface area (Å²) in [4.78, 5) is 1.34. The number of primary sulfonamides is 1. The van der Waals surface area contributed by atoms with Crippen LogP contribution in [-0.4, -0.2) is 27.6 Å². The Balaban J connectivity index is 3.43. The fraction of sp³-hybridized carbons (Fsp3) is 0.250. The van der Waals surface area contributed by atoms with Crippen LogP contribution in [0.5, 0.6) is 5.75 Å². The van der Waals surface area contributed by atoms with Crippen molar-refractivity contribution in [3.63, 3.8) is 0 Å². The summed E-state index contributed by atoms with van der Waals surface area (Å²) < 4.78 is 22.1. The van der Waals surface area contributed by atoms with Crippen LogP contribution >= 0.6 is 0 Å². The van der Waals surface area contributed by atoms with Gasteiger partial charge < -0.3 is 10.0 Å². The Morgan fingerprint density at radius 2 is 1.93 bits per heavy atom. The number of sulfonamides is 1. The Labute approximate surface area is 82.8 Å². The van der Waals surface area contributed by atoms with Crippen LogP contribution in [0.3, 0.4) is 0 Å². The van der Waals surface area contributed by atoms with Crippen LogP contribution in [0.15, 0.2) is 23.1 Å². The zero-order valence-corrected chi connectivity index (χ0v) is 8.75. The first-order valence-electron chi connectivity index (χ1n) is 3.86. The average molecular weight is 216 g/mol. The van der Waals surface area contributed by atoms with Crippen molar-refractivity contribution >= 4 is 15.7 Å². The molecular weight excluding hydrogens is 204 g/mol. The Morgan fingerprint density at radius 1 is 1.36 bits per heavy atom. The van der Waals surface area contributed by atoms with Crippen LogP contribution in [0.2, 0.25) is 0 Å². The smallest absolute Gasteiger partial charge is 0.241 e. The Morgan fingerprint density at radius 3 is 2.36 bits per heavy atom. The van der Waals surface area contributed by atoms with Crippen LogP contribution in [0, 0.1) is 0 Å². The monoisotopic (exact) mass is 216 g/mol. The number of rotatable bonds is 2. The van der Waals surface area contributed by atoms with Crippen molar-refractivity contribution in [1.82, 2.24) is 0 Å². The molecule has 0 heterocycles. The number of phenols is 1. The summed E-state index contributed by atoms with van der Waals surface area (Å²) in [6, 6.07) is 4.39. The molecule has 0 bridgehead atoms. The van der Waals surface area contributed by atoms with Gasteiger partial charge in [0, 0.05) is 14.1 Å². The van der Waals surface area contributed by atoms with E-state index >= 15 is 0 Å². The molecule has 0 amide bonds. The predicted molar refractivity (Wildman–Crippen MR) is 53.8 cm³/mol. The number of benzene rings is 1. The number of hydrogen-bond donors (Lipinski definition) is 2. The second-order valence-corrected chi connectivity index (χ2v) is 4.59. The molecule has 0 radical (unpaired) electrons. The average Bonchev–Trinajstić information content (AvgIpc) is 2.01. The SMILES string of the molecule is CN(C)c1cccc(S(N)(=O)=O)c1O. The fourth-order valence-electron chi connectivity index (χ4n) is 1.10. The normalized spacial score (nSPS) is 11.4. The Hall–Kier alpha value is -1.27. The summed E-state index contributed by atoms with van der Waals surface area (Å²) >= 11 is 0. The number of nitrogens with zero attached hydrogens (tertiary/aromatic N) is 1. The molecule has 78 valence electrons. The van der Waals surface area contributed by atoms with Crippen molar-refractivity contribution in [2.24, 2.45) is 5.14 Å². The van der Waals surface area contributed by atoms with Gasteiger partial charge in [0.2, 0.25) is 10.0 Å². The molecule has 0 spiro atoms. The minimum absolute atomic E-state index is 0.260. The van der Waals surface area contributed by atoms with Gasteiger partial charge in [-0.1, -0.05) is 6.07 Å². The second kappa shape index (κ2) is 3.47. The molecular formula is C8H12N2O3S. The first kappa shape index (κ1) is 10.8. The Bertz CT molecular complexity index is 440. The van der Waals surface area contributed by atoms with Crippen molar-refractivity contribution in [2.75, 3.05) is 19.0 Å². The van der Waals surface area contributed by atoms with E-state index in [2.05, 4.69) is 0 Å². The molecule has 1 aromatic carbocycles. The van der Waals surface area contributed by atoms with Gasteiger partial charge in [0.1, 0.15) is 4.90 Å². The van der Waals surface area contributed by atoms with E-state index in [0.29, 0.717) is 5.69 Å². The van der Waals surface area contributed by atoms with Gasteiger partial charge in [-0.15, -0.1) is 0 Å². The highest BCUT2D eigenvalue weighted by atomic mass is 32.2. The summed E-state index contributed by atoms with van der Waals surface area (Å²) in [5.74, 6) is -0.319. The maximum absolute atomic E-state index is 11.0. The van der Waals surface area contributed by atoms with E-state index in [1.807, 2.05) is 0 Å². The van der Waals surface area contributed by atoms with E-state index in [1.165, 1.54) is 12.1 Å². The van der Waals surface area contributed by atoms with E-state index in [0.717, 1.165) is 0 Å². The molecule has 6 heteroatoms. The number of hydrogen-bond acceptors (Lipinski definition) is 4. The quantitative estimate of drug-likeness (QED) is 0.734. The summed E-state index contributed by atoms with van der Waals surface area (Å²) in [7, 11) is -0.473. The highest BCUT2D eigenvalue weighted by Gasteiger charge is 2.16. The van der Waals surface area contributed by atoms with Gasteiger partial charge in [-0.25, -0.2) is 13.6 Å². The van der Waals surface area contributed by atoms with Crippen LogP contribution < -0.4 is 10.0 Å². The minimum Gasteiger partial charge on any atom is -0.504 e. The summed E-state index contributed by atoms with van der Waals surface area (Å²) in [6.45, 7) is 0. The summed E-state index contributed by atoms with van der Waals surface area (Å²) in [6.07, 6.45) is 0. The first-order valence-corrected chi connectivity index (χ1v) is 5.41. The molecule has 14 heavy (non-hydrogen) atoms. The maximum Gasteiger partial charge on any atom is 0.241 e. The first-order chi connectivity index (χ1) is 6.34. The van der Waals surface area contributed by atoms with Crippen molar-refractivity contribution in [2.45, 2.75) is 4.90 Å². The number of para-hydroxylation sites is 1. The number of aromatic hydroxyl groups is 1. The van der Waals surface area contributed by atoms with Crippen LogP contribution in [-0.2, 0) is 10.0 Å². The minimum atomic E-state index is -3.87. The van der Waals surface area contributed by atoms with Crippen LogP contribution in [0.1, 0.15) is 0 Å². The molecule has 0 saturated carbocycles. The van der Waals surface area contributed by atoms with Crippen molar-refractivity contribution < 1.29 is 13.5 Å². The number of anilines is 1. The molecule has 0 aromatic heterocycles. The lowest BCUT2D eigenvalue weighted by atomic mass is 10.3. The highest BCUT2D eigenvalue weighted by Crippen LogP contribution is 2.31. The van der Waals surface area contributed by atoms with E-state index in [1.54, 1.807) is 25.1 Å². The summed E-state index contributed by atoms with van der Waals surface area (Å²) in [5.41, 5.74) is 0.413. The molecule has 1 aromatic rings. The molecule has 0 aliphatic heterocycles. The molecule has 0 aliphatic rings.